The summed E-state index contributed by atoms with van der Waals surface area (Å²) in [6.45, 7) is -0.0863. The van der Waals surface area contributed by atoms with Gasteiger partial charge >= 0.3 is 0 Å². The molecule has 0 radical (unpaired) electrons. The smallest absolute Gasteiger partial charge is 0.250 e. The predicted octanol–water partition coefficient (Wildman–Crippen LogP) is 6.66. The van der Waals surface area contributed by atoms with E-state index in [9.17, 15) is 9.18 Å². The summed E-state index contributed by atoms with van der Waals surface area (Å²) in [5, 5.41) is 6.89. The van der Waals surface area contributed by atoms with Crippen LogP contribution in [0.4, 0.5) is 15.8 Å². The standard InChI is InChI=1S/C27H21BrClFN4O3S/c1-36-14-24(35)32-20-8-6-16(13-19(20)29)34-26(25(33-27(34)38)21-4-2-3-11-31-21)23-10-9-22(37-23)17-7-5-15(30)12-18(17)28/h2-13,25-26H,14H2,1H3,(H,32,35)(H,33,38)/t25-,26+/m1/s1. The number of benzene rings is 2. The number of hydrogen-bond donors (Lipinski definition) is 2. The number of furan rings is 1. The Labute approximate surface area is 237 Å². The van der Waals surface area contributed by atoms with Crippen LogP contribution >= 0.6 is 39.7 Å². The fourth-order valence-corrected chi connectivity index (χ4v) is 5.45. The zero-order valence-corrected chi connectivity index (χ0v) is 23.1. The lowest BCUT2D eigenvalue weighted by Crippen LogP contribution is -2.29. The second kappa shape index (κ2) is 11.2. The molecule has 1 amide bonds. The number of pyridine rings is 1. The van der Waals surface area contributed by atoms with Crippen LogP contribution in [0.2, 0.25) is 5.02 Å². The van der Waals surface area contributed by atoms with E-state index in [0.29, 0.717) is 43.1 Å². The summed E-state index contributed by atoms with van der Waals surface area (Å²) in [6, 6.07) is 18.3. The van der Waals surface area contributed by atoms with Crippen molar-refractivity contribution < 1.29 is 18.3 Å². The van der Waals surface area contributed by atoms with Crippen LogP contribution in [-0.2, 0) is 9.53 Å². The molecule has 1 fully saturated rings. The van der Waals surface area contributed by atoms with Crippen LogP contribution < -0.4 is 15.5 Å². The number of thiocarbonyl (C=S) groups is 1. The zero-order chi connectivity index (χ0) is 26.8. The molecular weight excluding hydrogens is 595 g/mol. The average Bonchev–Trinajstić information content (AvgIpc) is 3.50. The van der Waals surface area contributed by atoms with E-state index in [1.807, 2.05) is 41.3 Å². The molecule has 3 heterocycles. The van der Waals surface area contributed by atoms with Crippen molar-refractivity contribution in [3.63, 3.8) is 0 Å². The molecular formula is C27H21BrClFN4O3S. The first-order chi connectivity index (χ1) is 18.4. The Hall–Kier alpha value is -3.31. The van der Waals surface area contributed by atoms with Crippen molar-refractivity contribution in [3.8, 4) is 11.3 Å². The highest BCUT2D eigenvalue weighted by atomic mass is 79.9. The predicted molar refractivity (Wildman–Crippen MR) is 152 cm³/mol. The summed E-state index contributed by atoms with van der Waals surface area (Å²) in [5.74, 6) is 0.521. The number of anilines is 2. The maximum absolute atomic E-state index is 13.7. The molecule has 2 aromatic heterocycles. The number of rotatable bonds is 7. The molecule has 4 aromatic rings. The molecule has 0 saturated carbocycles. The van der Waals surface area contributed by atoms with Gasteiger partial charge in [-0.3, -0.25) is 9.78 Å². The van der Waals surface area contributed by atoms with Crippen LogP contribution in [0.15, 0.2) is 81.8 Å². The molecule has 2 atom stereocenters. The Kier molecular flexibility index (Phi) is 7.75. The van der Waals surface area contributed by atoms with E-state index in [1.54, 1.807) is 24.4 Å². The molecule has 1 saturated heterocycles. The van der Waals surface area contributed by atoms with E-state index in [2.05, 4.69) is 31.5 Å². The highest BCUT2D eigenvalue weighted by molar-refractivity contribution is 9.10. The number of halogens is 3. The summed E-state index contributed by atoms with van der Waals surface area (Å²) in [5.41, 5.74) is 2.64. The minimum absolute atomic E-state index is 0.0863. The largest absolute Gasteiger partial charge is 0.459 e. The van der Waals surface area contributed by atoms with E-state index in [1.165, 1.54) is 19.2 Å². The molecule has 38 heavy (non-hydrogen) atoms. The minimum Gasteiger partial charge on any atom is -0.459 e. The van der Waals surface area contributed by atoms with E-state index < -0.39 is 6.04 Å². The van der Waals surface area contributed by atoms with Gasteiger partial charge in [0.2, 0.25) is 5.91 Å². The number of aromatic nitrogens is 1. The summed E-state index contributed by atoms with van der Waals surface area (Å²) < 4.78 is 25.5. The summed E-state index contributed by atoms with van der Waals surface area (Å²) in [4.78, 5) is 18.4. The fourth-order valence-electron chi connectivity index (χ4n) is 4.34. The van der Waals surface area contributed by atoms with Gasteiger partial charge in [0, 0.05) is 29.0 Å². The molecule has 7 nitrogen and oxygen atoms in total. The Morgan fingerprint density at radius 3 is 2.79 bits per heavy atom. The number of nitrogens with one attached hydrogen (secondary N) is 2. The zero-order valence-electron chi connectivity index (χ0n) is 20.0. The number of amides is 1. The number of ether oxygens (including phenoxy) is 1. The number of carbonyl (C=O) groups is 1. The Bertz CT molecular complexity index is 1500. The first-order valence-electron chi connectivity index (χ1n) is 11.5. The molecule has 194 valence electrons. The lowest BCUT2D eigenvalue weighted by molar-refractivity contribution is -0.119. The van der Waals surface area contributed by atoms with E-state index in [4.69, 9.17) is 33.0 Å². The van der Waals surface area contributed by atoms with Gasteiger partial charge in [-0.25, -0.2) is 4.39 Å². The van der Waals surface area contributed by atoms with Gasteiger partial charge in [-0.2, -0.15) is 0 Å². The van der Waals surface area contributed by atoms with Crippen LogP contribution in [0.3, 0.4) is 0 Å². The number of nitrogens with zero attached hydrogens (tertiary/aromatic N) is 2. The van der Waals surface area contributed by atoms with Gasteiger partial charge in [0.05, 0.1) is 22.4 Å². The van der Waals surface area contributed by atoms with Crippen molar-refractivity contribution in [1.29, 1.82) is 0 Å². The Morgan fingerprint density at radius 1 is 1.24 bits per heavy atom. The lowest BCUT2D eigenvalue weighted by atomic mass is 10.0. The van der Waals surface area contributed by atoms with Gasteiger partial charge in [-0.15, -0.1) is 0 Å². The van der Waals surface area contributed by atoms with Crippen molar-refractivity contribution in [2.75, 3.05) is 23.9 Å². The summed E-state index contributed by atoms with van der Waals surface area (Å²) in [6.07, 6.45) is 1.72. The Morgan fingerprint density at radius 2 is 2.08 bits per heavy atom. The maximum atomic E-state index is 13.7. The molecule has 0 aliphatic carbocycles. The topological polar surface area (TPSA) is 79.6 Å². The average molecular weight is 616 g/mol. The number of methoxy groups -OCH3 is 1. The first kappa shape index (κ1) is 26.3. The second-order valence-electron chi connectivity index (χ2n) is 8.47. The number of carbonyl (C=O) groups excluding carboxylic acids is 1. The molecule has 0 unspecified atom stereocenters. The minimum atomic E-state index is -0.421. The van der Waals surface area contributed by atoms with Gasteiger partial charge < -0.3 is 24.7 Å². The molecule has 0 spiro atoms. The van der Waals surface area contributed by atoms with Crippen molar-refractivity contribution in [1.82, 2.24) is 10.3 Å². The molecule has 2 N–H and O–H groups in total. The van der Waals surface area contributed by atoms with Crippen molar-refractivity contribution >= 4 is 62.1 Å². The van der Waals surface area contributed by atoms with Crippen molar-refractivity contribution in [3.05, 3.63) is 99.7 Å². The van der Waals surface area contributed by atoms with Gasteiger partial charge in [0.25, 0.3) is 0 Å². The molecule has 5 rings (SSSR count). The first-order valence-corrected chi connectivity index (χ1v) is 13.1. The number of hydrogen-bond acceptors (Lipinski definition) is 5. The van der Waals surface area contributed by atoms with Gasteiger partial charge in [-0.05, 0) is 88.8 Å². The van der Waals surface area contributed by atoms with Crippen LogP contribution in [0.1, 0.15) is 23.5 Å². The van der Waals surface area contributed by atoms with Crippen molar-refractivity contribution in [2.45, 2.75) is 12.1 Å². The summed E-state index contributed by atoms with van der Waals surface area (Å²) in [7, 11) is 1.44. The highest BCUT2D eigenvalue weighted by Gasteiger charge is 2.42. The molecule has 1 aliphatic rings. The van der Waals surface area contributed by atoms with Crippen LogP contribution in [0.25, 0.3) is 11.3 Å². The SMILES string of the molecule is COCC(=O)Nc1ccc(N2C(=S)N[C@H](c3ccccn3)[C@@H]2c2ccc(-c3ccc(F)cc3Br)o2)cc1Cl. The maximum Gasteiger partial charge on any atom is 0.250 e. The monoisotopic (exact) mass is 614 g/mol. The van der Waals surface area contributed by atoms with Crippen molar-refractivity contribution in [2.24, 2.45) is 0 Å². The Balaban J connectivity index is 1.55. The quantitative estimate of drug-likeness (QED) is 0.225. The van der Waals surface area contributed by atoms with E-state index >= 15 is 0 Å². The molecule has 11 heteroatoms. The van der Waals surface area contributed by atoms with Crippen LogP contribution in [-0.4, -0.2) is 29.7 Å². The van der Waals surface area contributed by atoms with E-state index in [0.717, 1.165) is 5.69 Å². The third kappa shape index (κ3) is 5.30. The lowest BCUT2D eigenvalue weighted by Gasteiger charge is -2.26. The molecule has 1 aliphatic heterocycles. The van der Waals surface area contributed by atoms with Gasteiger partial charge in [0.15, 0.2) is 5.11 Å². The summed E-state index contributed by atoms with van der Waals surface area (Å²) >= 11 is 15.7. The van der Waals surface area contributed by atoms with Gasteiger partial charge in [-0.1, -0.05) is 17.7 Å². The third-order valence-corrected chi connectivity index (χ3v) is 7.28. The molecule has 2 aromatic carbocycles. The van der Waals surface area contributed by atoms with Crippen LogP contribution in [0, 0.1) is 5.82 Å². The van der Waals surface area contributed by atoms with Gasteiger partial charge in [0.1, 0.15) is 30.0 Å². The normalized spacial score (nSPS) is 16.9. The van der Waals surface area contributed by atoms with E-state index in [-0.39, 0.29) is 24.4 Å². The fraction of sp³-hybridized carbons (Fsp3) is 0.148. The third-order valence-electron chi connectivity index (χ3n) is 5.99. The molecule has 0 bridgehead atoms. The second-order valence-corrected chi connectivity index (χ2v) is 10.1. The van der Waals surface area contributed by atoms with Crippen LogP contribution in [0.5, 0.6) is 0 Å². The highest BCUT2D eigenvalue weighted by Crippen LogP contribution is 2.44.